The van der Waals surface area contributed by atoms with E-state index in [9.17, 15) is 4.79 Å². The fourth-order valence-corrected chi connectivity index (χ4v) is 2.35. The molecule has 1 fully saturated rings. The maximum Gasteiger partial charge on any atom is 0.260 e. The molecule has 104 valence electrons. The molecule has 1 aliphatic rings. The van der Waals surface area contributed by atoms with Crippen LogP contribution in [0.1, 0.15) is 18.4 Å². The van der Waals surface area contributed by atoms with Gasteiger partial charge in [0.25, 0.3) is 5.91 Å². The fourth-order valence-electron chi connectivity index (χ4n) is 1.95. The van der Waals surface area contributed by atoms with Gasteiger partial charge in [-0.15, -0.1) is 0 Å². The summed E-state index contributed by atoms with van der Waals surface area (Å²) in [5.74, 6) is 0.773. The van der Waals surface area contributed by atoms with Crippen molar-refractivity contribution in [3.05, 3.63) is 28.2 Å². The summed E-state index contributed by atoms with van der Waals surface area (Å²) >= 11 is 3.43. The maximum absolute atomic E-state index is 11.9. The normalized spacial score (nSPS) is 14.3. The van der Waals surface area contributed by atoms with Gasteiger partial charge in [0.15, 0.2) is 6.61 Å². The van der Waals surface area contributed by atoms with E-state index in [4.69, 9.17) is 10.5 Å². The van der Waals surface area contributed by atoms with Crippen LogP contribution in [0.5, 0.6) is 5.75 Å². The number of rotatable bonds is 6. The molecule has 0 bridgehead atoms. The van der Waals surface area contributed by atoms with Crippen LogP contribution in [0.2, 0.25) is 0 Å². The Morgan fingerprint density at radius 3 is 2.89 bits per heavy atom. The van der Waals surface area contributed by atoms with Crippen LogP contribution in [0.25, 0.3) is 0 Å². The van der Waals surface area contributed by atoms with Crippen molar-refractivity contribution in [2.75, 3.05) is 20.2 Å². The van der Waals surface area contributed by atoms with Crippen LogP contribution < -0.4 is 10.5 Å². The lowest BCUT2D eigenvalue weighted by Crippen LogP contribution is -2.33. The first-order chi connectivity index (χ1) is 9.11. The van der Waals surface area contributed by atoms with Crippen LogP contribution in [0.3, 0.4) is 0 Å². The standard InChI is InChI=1S/C14H19BrN2O2/c1-17(12-3-4-12)14(18)9-19-13-5-2-11(15)8-10(13)6-7-16/h2,5,8,12H,3-4,6-7,9,16H2,1H3. The Hall–Kier alpha value is -1.07. The summed E-state index contributed by atoms with van der Waals surface area (Å²) in [6.07, 6.45) is 2.96. The van der Waals surface area contributed by atoms with E-state index in [0.717, 1.165) is 35.0 Å². The lowest BCUT2D eigenvalue weighted by Gasteiger charge is -2.17. The Bertz CT molecular complexity index is 461. The van der Waals surface area contributed by atoms with Gasteiger partial charge in [-0.2, -0.15) is 0 Å². The van der Waals surface area contributed by atoms with Crippen molar-refractivity contribution < 1.29 is 9.53 Å². The van der Waals surface area contributed by atoms with E-state index in [2.05, 4.69) is 15.9 Å². The number of carbonyl (C=O) groups excluding carboxylic acids is 1. The second kappa shape index (κ2) is 6.39. The first-order valence-electron chi connectivity index (χ1n) is 6.48. The summed E-state index contributed by atoms with van der Waals surface area (Å²) in [5.41, 5.74) is 6.61. The summed E-state index contributed by atoms with van der Waals surface area (Å²) in [6.45, 7) is 0.648. The molecule has 0 radical (unpaired) electrons. The average Bonchev–Trinajstić information content (AvgIpc) is 3.21. The first-order valence-corrected chi connectivity index (χ1v) is 7.28. The van der Waals surface area contributed by atoms with Gasteiger partial charge < -0.3 is 15.4 Å². The van der Waals surface area contributed by atoms with E-state index < -0.39 is 0 Å². The highest BCUT2D eigenvalue weighted by atomic mass is 79.9. The van der Waals surface area contributed by atoms with Crippen molar-refractivity contribution >= 4 is 21.8 Å². The monoisotopic (exact) mass is 326 g/mol. The van der Waals surface area contributed by atoms with Crippen molar-refractivity contribution in [1.82, 2.24) is 4.90 Å². The van der Waals surface area contributed by atoms with Crippen LogP contribution >= 0.6 is 15.9 Å². The Kier molecular flexibility index (Phi) is 4.82. The molecule has 4 nitrogen and oxygen atoms in total. The molecular weight excluding hydrogens is 308 g/mol. The molecule has 0 atom stereocenters. The van der Waals surface area contributed by atoms with Crippen molar-refractivity contribution in [1.29, 1.82) is 0 Å². The second-order valence-corrected chi connectivity index (χ2v) is 5.73. The number of benzene rings is 1. The molecule has 19 heavy (non-hydrogen) atoms. The largest absolute Gasteiger partial charge is 0.483 e. The van der Waals surface area contributed by atoms with Gasteiger partial charge in [-0.25, -0.2) is 0 Å². The number of carbonyl (C=O) groups is 1. The summed E-state index contributed by atoms with van der Waals surface area (Å²) in [7, 11) is 1.84. The minimum atomic E-state index is 0.0316. The highest BCUT2D eigenvalue weighted by Crippen LogP contribution is 2.26. The summed E-state index contributed by atoms with van der Waals surface area (Å²) in [6, 6.07) is 6.19. The number of hydrogen-bond acceptors (Lipinski definition) is 3. The van der Waals surface area contributed by atoms with Gasteiger partial charge in [0.2, 0.25) is 0 Å². The third-order valence-electron chi connectivity index (χ3n) is 3.28. The van der Waals surface area contributed by atoms with Gasteiger partial charge in [0.05, 0.1) is 0 Å². The quantitative estimate of drug-likeness (QED) is 0.869. The number of nitrogens with two attached hydrogens (primary N) is 1. The van der Waals surface area contributed by atoms with Crippen molar-refractivity contribution in [3.63, 3.8) is 0 Å². The van der Waals surface area contributed by atoms with E-state index in [0.29, 0.717) is 12.6 Å². The molecule has 0 heterocycles. The van der Waals surface area contributed by atoms with Crippen molar-refractivity contribution in [3.8, 4) is 5.75 Å². The highest BCUT2D eigenvalue weighted by molar-refractivity contribution is 9.10. The van der Waals surface area contributed by atoms with Crippen LogP contribution in [-0.4, -0.2) is 37.0 Å². The number of ether oxygens (including phenoxy) is 1. The third-order valence-corrected chi connectivity index (χ3v) is 3.77. The van der Waals surface area contributed by atoms with E-state index in [1.807, 2.05) is 25.2 Å². The Morgan fingerprint density at radius 2 is 2.26 bits per heavy atom. The highest BCUT2D eigenvalue weighted by Gasteiger charge is 2.29. The molecule has 2 rings (SSSR count). The smallest absolute Gasteiger partial charge is 0.260 e. The predicted molar refractivity (Wildman–Crippen MR) is 78.2 cm³/mol. The van der Waals surface area contributed by atoms with E-state index in [-0.39, 0.29) is 12.5 Å². The Labute approximate surface area is 122 Å². The number of halogens is 1. The number of likely N-dealkylation sites (N-methyl/N-ethyl adjacent to an activating group) is 1. The minimum Gasteiger partial charge on any atom is -0.483 e. The number of hydrogen-bond donors (Lipinski definition) is 1. The molecule has 1 amide bonds. The SMILES string of the molecule is CN(C(=O)COc1ccc(Br)cc1CCN)C1CC1. The second-order valence-electron chi connectivity index (χ2n) is 4.82. The summed E-state index contributed by atoms with van der Waals surface area (Å²) in [4.78, 5) is 13.7. The summed E-state index contributed by atoms with van der Waals surface area (Å²) < 4.78 is 6.63. The van der Waals surface area contributed by atoms with Crippen LogP contribution in [0.15, 0.2) is 22.7 Å². The summed E-state index contributed by atoms with van der Waals surface area (Å²) in [5, 5.41) is 0. The molecule has 0 aromatic heterocycles. The van der Waals surface area contributed by atoms with Gasteiger partial charge in [0, 0.05) is 17.6 Å². The van der Waals surface area contributed by atoms with Gasteiger partial charge in [-0.1, -0.05) is 15.9 Å². The third kappa shape index (κ3) is 3.94. The van der Waals surface area contributed by atoms with Crippen molar-refractivity contribution in [2.45, 2.75) is 25.3 Å². The zero-order chi connectivity index (χ0) is 13.8. The average molecular weight is 327 g/mol. The molecule has 5 heteroatoms. The van der Waals surface area contributed by atoms with Crippen LogP contribution in [0, 0.1) is 0 Å². The molecule has 1 saturated carbocycles. The zero-order valence-corrected chi connectivity index (χ0v) is 12.6. The van der Waals surface area contributed by atoms with E-state index in [1.165, 1.54) is 0 Å². The lowest BCUT2D eigenvalue weighted by molar-refractivity contribution is -0.132. The minimum absolute atomic E-state index is 0.0316. The number of amides is 1. The molecule has 1 aromatic carbocycles. The number of nitrogens with zero attached hydrogens (tertiary/aromatic N) is 1. The molecule has 0 saturated heterocycles. The van der Waals surface area contributed by atoms with Gasteiger partial charge >= 0.3 is 0 Å². The van der Waals surface area contributed by atoms with Gasteiger partial charge in [-0.05, 0) is 49.6 Å². The van der Waals surface area contributed by atoms with Crippen LogP contribution in [-0.2, 0) is 11.2 Å². The Balaban J connectivity index is 1.96. The molecule has 2 N–H and O–H groups in total. The predicted octanol–water partition coefficient (Wildman–Crippen LogP) is 1.95. The topological polar surface area (TPSA) is 55.6 Å². The van der Waals surface area contributed by atoms with E-state index in [1.54, 1.807) is 4.90 Å². The molecule has 0 unspecified atom stereocenters. The van der Waals surface area contributed by atoms with Crippen molar-refractivity contribution in [2.24, 2.45) is 5.73 Å². The molecule has 0 spiro atoms. The molecule has 0 aliphatic heterocycles. The molecular formula is C14H19BrN2O2. The maximum atomic E-state index is 11.9. The van der Waals surface area contributed by atoms with E-state index >= 15 is 0 Å². The Morgan fingerprint density at radius 1 is 1.53 bits per heavy atom. The van der Waals surface area contributed by atoms with Gasteiger partial charge in [0.1, 0.15) is 5.75 Å². The first kappa shape index (κ1) is 14.3. The molecule has 1 aromatic rings. The molecule has 1 aliphatic carbocycles. The fraction of sp³-hybridized carbons (Fsp3) is 0.500. The van der Waals surface area contributed by atoms with Gasteiger partial charge in [-0.3, -0.25) is 4.79 Å². The van der Waals surface area contributed by atoms with Crippen LogP contribution in [0.4, 0.5) is 0 Å². The zero-order valence-electron chi connectivity index (χ0n) is 11.1. The lowest BCUT2D eigenvalue weighted by atomic mass is 10.1.